The van der Waals surface area contributed by atoms with Crippen LogP contribution in [0.15, 0.2) is 72.5 Å². The van der Waals surface area contributed by atoms with Gasteiger partial charge in [0.1, 0.15) is 18.1 Å². The van der Waals surface area contributed by atoms with E-state index in [-0.39, 0.29) is 5.91 Å². The lowest BCUT2D eigenvalue weighted by molar-refractivity contribution is -0.113. The molecule has 2 N–H and O–H groups in total. The number of hydrogen-bond donors (Lipinski definition) is 2. The third-order valence-corrected chi connectivity index (χ3v) is 5.30. The van der Waals surface area contributed by atoms with Crippen molar-refractivity contribution in [3.05, 3.63) is 78.0 Å². The number of nitrogens with zero attached hydrogens (tertiary/aromatic N) is 1. The summed E-state index contributed by atoms with van der Waals surface area (Å²) in [6, 6.07) is 14.5. The van der Waals surface area contributed by atoms with Crippen LogP contribution in [0.5, 0.6) is 11.5 Å². The Hall–Kier alpha value is -3.32. The second-order valence-corrected chi connectivity index (χ2v) is 7.15. The van der Waals surface area contributed by atoms with Gasteiger partial charge < -0.3 is 25.0 Å². The monoisotopic (exact) mass is 423 g/mol. The number of ether oxygens (including phenoxy) is 2. The maximum atomic E-state index is 13.4. The molecular formula is C23H25N3O3S. The van der Waals surface area contributed by atoms with E-state index in [2.05, 4.69) is 17.2 Å². The summed E-state index contributed by atoms with van der Waals surface area (Å²) in [6.45, 7) is 5.96. The molecule has 1 heterocycles. The van der Waals surface area contributed by atoms with E-state index in [1.807, 2.05) is 50.4 Å². The van der Waals surface area contributed by atoms with Gasteiger partial charge in [-0.15, -0.1) is 0 Å². The van der Waals surface area contributed by atoms with Gasteiger partial charge in [-0.3, -0.25) is 4.79 Å². The van der Waals surface area contributed by atoms with Gasteiger partial charge >= 0.3 is 0 Å². The zero-order valence-electron chi connectivity index (χ0n) is 17.3. The predicted octanol–water partition coefficient (Wildman–Crippen LogP) is 4.03. The molecule has 0 aliphatic carbocycles. The maximum Gasteiger partial charge on any atom is 0.255 e. The molecule has 2 aromatic carbocycles. The van der Waals surface area contributed by atoms with E-state index in [1.165, 1.54) is 0 Å². The van der Waals surface area contributed by atoms with Gasteiger partial charge in [-0.25, -0.2) is 0 Å². The minimum atomic E-state index is -0.421. The third-order valence-electron chi connectivity index (χ3n) is 4.91. The van der Waals surface area contributed by atoms with Crippen molar-refractivity contribution in [3.8, 4) is 11.5 Å². The number of benzene rings is 2. The molecule has 0 fully saturated rings. The Kier molecular flexibility index (Phi) is 6.74. The standard InChI is InChI=1S/C23H25N3O3S/c1-5-13-29-17-10-8-9-16(14-17)21-20(15(2)26(3)23(30)25-21)22(27)24-18-11-6-7-12-19(18)28-4/h5-12,14,21H,1,13H2,2-4H3,(H,24,27)(H,25,30)/t21-/m0/s1. The first-order valence-corrected chi connectivity index (χ1v) is 9.90. The molecule has 156 valence electrons. The molecule has 1 amide bonds. The van der Waals surface area contributed by atoms with Gasteiger partial charge in [-0.1, -0.05) is 36.9 Å². The van der Waals surface area contributed by atoms with Crippen LogP contribution in [-0.2, 0) is 4.79 Å². The van der Waals surface area contributed by atoms with Gasteiger partial charge in [0.15, 0.2) is 5.11 Å². The molecule has 0 radical (unpaired) electrons. The van der Waals surface area contributed by atoms with E-state index in [9.17, 15) is 4.79 Å². The number of hydrogen-bond acceptors (Lipinski definition) is 4. The fraction of sp³-hybridized carbons (Fsp3) is 0.217. The molecule has 0 aromatic heterocycles. The van der Waals surface area contributed by atoms with Crippen LogP contribution in [0.2, 0.25) is 0 Å². The zero-order chi connectivity index (χ0) is 21.7. The molecule has 0 saturated heterocycles. The quantitative estimate of drug-likeness (QED) is 0.518. The Bertz CT molecular complexity index is 1000. The van der Waals surface area contributed by atoms with Crippen LogP contribution in [0.3, 0.4) is 0 Å². The van der Waals surface area contributed by atoms with Crippen LogP contribution in [0.25, 0.3) is 0 Å². The number of nitrogens with one attached hydrogen (secondary N) is 2. The lowest BCUT2D eigenvalue weighted by Crippen LogP contribution is -2.46. The molecule has 30 heavy (non-hydrogen) atoms. The number of rotatable bonds is 7. The highest BCUT2D eigenvalue weighted by atomic mass is 32.1. The lowest BCUT2D eigenvalue weighted by Gasteiger charge is -2.36. The predicted molar refractivity (Wildman–Crippen MR) is 123 cm³/mol. The maximum absolute atomic E-state index is 13.4. The molecule has 2 aromatic rings. The van der Waals surface area contributed by atoms with Crippen molar-refractivity contribution in [1.82, 2.24) is 10.2 Å². The molecule has 3 rings (SSSR count). The smallest absolute Gasteiger partial charge is 0.255 e. The number of carbonyl (C=O) groups excluding carboxylic acids is 1. The summed E-state index contributed by atoms with van der Waals surface area (Å²) in [7, 11) is 3.41. The Morgan fingerprint density at radius 3 is 2.80 bits per heavy atom. The van der Waals surface area contributed by atoms with E-state index in [0.717, 1.165) is 11.3 Å². The molecule has 0 spiro atoms. The van der Waals surface area contributed by atoms with E-state index < -0.39 is 6.04 Å². The average molecular weight is 424 g/mol. The highest BCUT2D eigenvalue weighted by Gasteiger charge is 2.33. The summed E-state index contributed by atoms with van der Waals surface area (Å²) in [5.41, 5.74) is 2.81. The molecule has 1 aliphatic rings. The first-order chi connectivity index (χ1) is 14.5. The minimum Gasteiger partial charge on any atom is -0.495 e. The number of allylic oxidation sites excluding steroid dienone is 1. The number of para-hydroxylation sites is 2. The summed E-state index contributed by atoms with van der Waals surface area (Å²) in [6.07, 6.45) is 1.69. The highest BCUT2D eigenvalue weighted by Crippen LogP contribution is 2.33. The summed E-state index contributed by atoms with van der Waals surface area (Å²) in [5, 5.41) is 6.79. The van der Waals surface area contributed by atoms with E-state index in [0.29, 0.717) is 34.5 Å². The number of amides is 1. The number of anilines is 1. The van der Waals surface area contributed by atoms with Crippen LogP contribution in [0.4, 0.5) is 5.69 Å². The van der Waals surface area contributed by atoms with Gasteiger partial charge in [-0.2, -0.15) is 0 Å². The van der Waals surface area contributed by atoms with Crippen molar-refractivity contribution >= 4 is 28.9 Å². The summed E-state index contributed by atoms with van der Waals surface area (Å²) >= 11 is 5.48. The lowest BCUT2D eigenvalue weighted by atomic mass is 9.94. The third kappa shape index (κ3) is 4.46. The molecule has 0 bridgehead atoms. The van der Waals surface area contributed by atoms with Crippen molar-refractivity contribution in [2.75, 3.05) is 26.1 Å². The van der Waals surface area contributed by atoms with Crippen molar-refractivity contribution in [1.29, 1.82) is 0 Å². The van der Waals surface area contributed by atoms with Crippen molar-refractivity contribution in [3.63, 3.8) is 0 Å². The van der Waals surface area contributed by atoms with Crippen LogP contribution < -0.4 is 20.1 Å². The Balaban J connectivity index is 1.99. The van der Waals surface area contributed by atoms with Gasteiger partial charge in [0, 0.05) is 12.7 Å². The number of methoxy groups -OCH3 is 1. The topological polar surface area (TPSA) is 62.8 Å². The van der Waals surface area contributed by atoms with Crippen LogP contribution in [0, 0.1) is 0 Å². The normalized spacial score (nSPS) is 16.0. The van der Waals surface area contributed by atoms with Crippen molar-refractivity contribution in [2.24, 2.45) is 0 Å². The largest absolute Gasteiger partial charge is 0.495 e. The first kappa shape index (κ1) is 21.4. The molecule has 1 aliphatic heterocycles. The molecule has 6 nitrogen and oxygen atoms in total. The molecular weight excluding hydrogens is 398 g/mol. The molecule has 0 unspecified atom stereocenters. The fourth-order valence-corrected chi connectivity index (χ4v) is 3.51. The van der Waals surface area contributed by atoms with Crippen LogP contribution in [-0.4, -0.2) is 36.7 Å². The molecule has 1 atom stereocenters. The summed E-state index contributed by atoms with van der Waals surface area (Å²) in [4.78, 5) is 15.2. The second-order valence-electron chi connectivity index (χ2n) is 6.77. The minimum absolute atomic E-state index is 0.235. The van der Waals surface area contributed by atoms with E-state index >= 15 is 0 Å². The van der Waals surface area contributed by atoms with Crippen molar-refractivity contribution < 1.29 is 14.3 Å². The van der Waals surface area contributed by atoms with Gasteiger partial charge in [0.05, 0.1) is 24.4 Å². The van der Waals surface area contributed by atoms with Gasteiger partial charge in [0.2, 0.25) is 0 Å². The van der Waals surface area contributed by atoms with Crippen LogP contribution in [0.1, 0.15) is 18.5 Å². The summed E-state index contributed by atoms with van der Waals surface area (Å²) in [5.74, 6) is 1.05. The first-order valence-electron chi connectivity index (χ1n) is 9.49. The van der Waals surface area contributed by atoms with Gasteiger partial charge in [0.25, 0.3) is 5.91 Å². The van der Waals surface area contributed by atoms with E-state index in [4.69, 9.17) is 21.7 Å². The summed E-state index contributed by atoms with van der Waals surface area (Å²) < 4.78 is 11.0. The second kappa shape index (κ2) is 9.45. The zero-order valence-corrected chi connectivity index (χ0v) is 18.1. The average Bonchev–Trinajstić information content (AvgIpc) is 2.76. The highest BCUT2D eigenvalue weighted by molar-refractivity contribution is 7.80. The molecule has 0 saturated carbocycles. The SMILES string of the molecule is C=CCOc1cccc([C@@H]2NC(=S)N(C)C(C)=C2C(=O)Nc2ccccc2OC)c1. The van der Waals surface area contributed by atoms with Gasteiger partial charge in [-0.05, 0) is 49.0 Å². The number of carbonyl (C=O) groups is 1. The van der Waals surface area contributed by atoms with Crippen LogP contribution >= 0.6 is 12.2 Å². The molecule has 7 heteroatoms. The Morgan fingerprint density at radius 1 is 1.30 bits per heavy atom. The number of thiocarbonyl (C=S) groups is 1. The van der Waals surface area contributed by atoms with E-state index in [1.54, 1.807) is 30.2 Å². The van der Waals surface area contributed by atoms with Crippen molar-refractivity contribution in [2.45, 2.75) is 13.0 Å². The Morgan fingerprint density at radius 2 is 2.07 bits per heavy atom. The Labute approximate surface area is 182 Å². The fourth-order valence-electron chi connectivity index (χ4n) is 3.26.